The predicted octanol–water partition coefficient (Wildman–Crippen LogP) is 10.8. The number of para-hydroxylation sites is 1. The zero-order valence-electron chi connectivity index (χ0n) is 30.5. The summed E-state index contributed by atoms with van der Waals surface area (Å²) in [6, 6.07) is 46.8. The summed E-state index contributed by atoms with van der Waals surface area (Å²) in [7, 11) is 0. The number of benzene rings is 6. The largest absolute Gasteiger partial charge is 0.457 e. The van der Waals surface area contributed by atoms with E-state index < -0.39 is 0 Å². The minimum atomic E-state index is 0.0609. The maximum atomic E-state index is 6.70. The highest BCUT2D eigenvalue weighted by molar-refractivity contribution is 7.00. The third-order valence-electron chi connectivity index (χ3n) is 10.3. The van der Waals surface area contributed by atoms with Gasteiger partial charge in [-0.15, -0.1) is 0 Å². The van der Waals surface area contributed by atoms with Gasteiger partial charge in [0.1, 0.15) is 11.5 Å². The first-order chi connectivity index (χ1) is 23.9. The van der Waals surface area contributed by atoms with E-state index in [0.29, 0.717) is 0 Å². The van der Waals surface area contributed by atoms with Crippen molar-refractivity contribution in [3.63, 3.8) is 0 Å². The molecular formula is C46H45BN2O. The van der Waals surface area contributed by atoms with Crippen molar-refractivity contribution >= 4 is 57.2 Å². The van der Waals surface area contributed by atoms with E-state index >= 15 is 0 Å². The Balaban J connectivity index is 1.43. The molecule has 3 nitrogen and oxygen atoms in total. The van der Waals surface area contributed by atoms with Gasteiger partial charge in [0, 0.05) is 46.3 Å². The van der Waals surface area contributed by atoms with Crippen LogP contribution in [-0.2, 0) is 10.8 Å². The zero-order chi connectivity index (χ0) is 34.9. The fourth-order valence-electron chi connectivity index (χ4n) is 7.68. The Kier molecular flexibility index (Phi) is 7.49. The monoisotopic (exact) mass is 652 g/mol. The van der Waals surface area contributed by atoms with Gasteiger partial charge >= 0.3 is 0 Å². The number of hydrogen-bond acceptors (Lipinski definition) is 3. The van der Waals surface area contributed by atoms with Crippen LogP contribution in [-0.4, -0.2) is 6.71 Å². The summed E-state index contributed by atoms with van der Waals surface area (Å²) in [6.07, 6.45) is 0. The van der Waals surface area contributed by atoms with Crippen molar-refractivity contribution in [3.05, 3.63) is 150 Å². The van der Waals surface area contributed by atoms with Crippen LogP contribution in [0.4, 0.5) is 34.1 Å². The highest BCUT2D eigenvalue weighted by Gasteiger charge is 2.44. The van der Waals surface area contributed by atoms with Gasteiger partial charge in [-0.05, 0) is 101 Å². The summed E-state index contributed by atoms with van der Waals surface area (Å²) in [5.74, 6) is 1.62. The lowest BCUT2D eigenvalue weighted by Gasteiger charge is -2.44. The molecule has 248 valence electrons. The number of rotatable bonds is 4. The molecule has 0 N–H and O–H groups in total. The van der Waals surface area contributed by atoms with Crippen LogP contribution in [0, 0.1) is 13.8 Å². The van der Waals surface area contributed by atoms with Gasteiger partial charge in [-0.2, -0.15) is 0 Å². The van der Waals surface area contributed by atoms with E-state index in [1.165, 1.54) is 50.0 Å². The molecule has 0 atom stereocenters. The minimum absolute atomic E-state index is 0.0609. The summed E-state index contributed by atoms with van der Waals surface area (Å²) in [4.78, 5) is 4.91. The first kappa shape index (κ1) is 32.0. The van der Waals surface area contributed by atoms with Gasteiger partial charge in [0.05, 0.1) is 0 Å². The quantitative estimate of drug-likeness (QED) is 0.176. The van der Waals surface area contributed by atoms with Crippen LogP contribution in [0.1, 0.15) is 63.8 Å². The van der Waals surface area contributed by atoms with Gasteiger partial charge in [0.15, 0.2) is 0 Å². The molecule has 50 heavy (non-hydrogen) atoms. The van der Waals surface area contributed by atoms with Gasteiger partial charge in [0.2, 0.25) is 0 Å². The molecule has 2 aliphatic rings. The maximum absolute atomic E-state index is 6.70. The van der Waals surface area contributed by atoms with Gasteiger partial charge in [0.25, 0.3) is 6.71 Å². The predicted molar refractivity (Wildman–Crippen MR) is 214 cm³/mol. The molecule has 0 saturated carbocycles. The SMILES string of the molecule is Cc1ccc2c(c1)B1c3cc(C)ccc3N(c3ccc(C(C)(C)C)cc3)c3cc(Oc4ccccc4)cc(c31)N2c1ccc(C(C)(C)C)cc1. The van der Waals surface area contributed by atoms with Crippen LogP contribution in [0.25, 0.3) is 0 Å². The number of nitrogens with zero attached hydrogens (tertiary/aromatic N) is 2. The summed E-state index contributed by atoms with van der Waals surface area (Å²) < 4.78 is 6.70. The van der Waals surface area contributed by atoms with E-state index in [2.05, 4.69) is 162 Å². The topological polar surface area (TPSA) is 15.7 Å². The number of hydrogen-bond donors (Lipinski definition) is 0. The molecule has 2 heterocycles. The van der Waals surface area contributed by atoms with Gasteiger partial charge < -0.3 is 14.5 Å². The lowest BCUT2D eigenvalue weighted by Crippen LogP contribution is -2.61. The van der Waals surface area contributed by atoms with Gasteiger partial charge in [-0.1, -0.05) is 119 Å². The van der Waals surface area contributed by atoms with Crippen LogP contribution >= 0.6 is 0 Å². The Morgan fingerprint density at radius 2 is 0.900 bits per heavy atom. The van der Waals surface area contributed by atoms with Crippen molar-refractivity contribution in [1.29, 1.82) is 0 Å². The molecule has 0 fully saturated rings. The second kappa shape index (κ2) is 11.7. The molecule has 0 spiro atoms. The van der Waals surface area contributed by atoms with Gasteiger partial charge in [-0.3, -0.25) is 0 Å². The third kappa shape index (κ3) is 5.48. The Labute approximate surface area is 298 Å². The highest BCUT2D eigenvalue weighted by Crippen LogP contribution is 2.47. The van der Waals surface area contributed by atoms with Crippen molar-refractivity contribution in [2.45, 2.75) is 66.2 Å². The maximum Gasteiger partial charge on any atom is 0.252 e. The van der Waals surface area contributed by atoms with Crippen molar-refractivity contribution in [1.82, 2.24) is 0 Å². The lowest BCUT2D eigenvalue weighted by molar-refractivity contribution is 0.483. The second-order valence-corrected chi connectivity index (χ2v) is 16.1. The molecule has 0 aromatic heterocycles. The number of anilines is 6. The Morgan fingerprint density at radius 3 is 1.32 bits per heavy atom. The van der Waals surface area contributed by atoms with Crippen LogP contribution in [0.2, 0.25) is 0 Å². The van der Waals surface area contributed by atoms with E-state index in [-0.39, 0.29) is 17.5 Å². The van der Waals surface area contributed by atoms with Crippen LogP contribution in [0.5, 0.6) is 11.5 Å². The molecule has 8 rings (SSSR count). The average molecular weight is 653 g/mol. The molecule has 4 heteroatoms. The van der Waals surface area contributed by atoms with Crippen LogP contribution in [0.15, 0.2) is 127 Å². The molecule has 0 bridgehead atoms. The molecule has 0 aliphatic carbocycles. The fraction of sp³-hybridized carbons (Fsp3) is 0.217. The van der Waals surface area contributed by atoms with E-state index in [1.807, 2.05) is 30.3 Å². The van der Waals surface area contributed by atoms with Crippen molar-refractivity contribution < 1.29 is 4.74 Å². The van der Waals surface area contributed by atoms with E-state index in [0.717, 1.165) is 34.2 Å². The van der Waals surface area contributed by atoms with E-state index in [9.17, 15) is 0 Å². The highest BCUT2D eigenvalue weighted by atomic mass is 16.5. The molecule has 0 saturated heterocycles. The lowest BCUT2D eigenvalue weighted by atomic mass is 9.33. The molecule has 2 aliphatic heterocycles. The smallest absolute Gasteiger partial charge is 0.252 e. The van der Waals surface area contributed by atoms with E-state index in [1.54, 1.807) is 0 Å². The first-order valence-corrected chi connectivity index (χ1v) is 17.8. The average Bonchev–Trinajstić information content (AvgIpc) is 3.08. The molecule has 0 amide bonds. The zero-order valence-corrected chi connectivity index (χ0v) is 30.5. The molecule has 0 radical (unpaired) electrons. The molecule has 6 aromatic carbocycles. The Morgan fingerprint density at radius 1 is 0.460 bits per heavy atom. The van der Waals surface area contributed by atoms with Crippen LogP contribution in [0.3, 0.4) is 0 Å². The fourth-order valence-corrected chi connectivity index (χ4v) is 7.68. The van der Waals surface area contributed by atoms with Crippen LogP contribution < -0.4 is 30.9 Å². The summed E-state index contributed by atoms with van der Waals surface area (Å²) in [6.45, 7) is 18.1. The summed E-state index contributed by atoms with van der Waals surface area (Å²) in [5.41, 5.74) is 16.2. The summed E-state index contributed by atoms with van der Waals surface area (Å²) >= 11 is 0. The Hall–Kier alpha value is -5.22. The third-order valence-corrected chi connectivity index (χ3v) is 10.3. The van der Waals surface area contributed by atoms with Crippen molar-refractivity contribution in [3.8, 4) is 11.5 Å². The van der Waals surface area contributed by atoms with Gasteiger partial charge in [-0.25, -0.2) is 0 Å². The van der Waals surface area contributed by atoms with Crippen molar-refractivity contribution in [2.75, 3.05) is 9.80 Å². The molecule has 0 unspecified atom stereocenters. The molecule has 6 aromatic rings. The number of aryl methyl sites for hydroxylation is 2. The minimum Gasteiger partial charge on any atom is -0.457 e. The number of fused-ring (bicyclic) bond motifs is 4. The standard InChI is InChI=1S/C46H45BN2O/c1-30-14-24-40-38(26-30)47-39-27-31(2)15-25-41(39)49(35-22-18-33(19-23-35)46(6,7)8)43-29-37(50-36-12-10-9-11-13-36)28-42(44(43)47)48(40)34-20-16-32(17-21-34)45(3,4)5/h9-29H,1-8H3. The normalized spacial score (nSPS) is 13.5. The second-order valence-electron chi connectivity index (χ2n) is 16.1. The molecular weight excluding hydrogens is 607 g/mol. The first-order valence-electron chi connectivity index (χ1n) is 17.8. The van der Waals surface area contributed by atoms with Crippen molar-refractivity contribution in [2.24, 2.45) is 0 Å². The van der Waals surface area contributed by atoms with E-state index in [4.69, 9.17) is 4.74 Å². The summed E-state index contributed by atoms with van der Waals surface area (Å²) in [5, 5.41) is 0. The number of ether oxygens (including phenoxy) is 1. The Bertz CT molecular complexity index is 2090.